The molecule has 2 aromatic rings. The molecule has 0 bridgehead atoms. The smallest absolute Gasteiger partial charge is 0.407 e. The van der Waals surface area contributed by atoms with Gasteiger partial charge < -0.3 is 20.1 Å². The average molecular weight is 481 g/mol. The van der Waals surface area contributed by atoms with Gasteiger partial charge in [0.15, 0.2) is 0 Å². The molecule has 7 nitrogen and oxygen atoms in total. The van der Waals surface area contributed by atoms with Gasteiger partial charge in [0, 0.05) is 12.5 Å². The molecule has 0 unspecified atom stereocenters. The molecule has 2 N–H and O–H groups in total. The summed E-state index contributed by atoms with van der Waals surface area (Å²) in [4.78, 5) is 38.9. The van der Waals surface area contributed by atoms with Crippen molar-refractivity contribution in [1.82, 2.24) is 10.2 Å². The summed E-state index contributed by atoms with van der Waals surface area (Å²) in [5, 5.41) is 12.0. The molecule has 35 heavy (non-hydrogen) atoms. The van der Waals surface area contributed by atoms with Crippen LogP contribution in [0.15, 0.2) is 48.5 Å². The first-order valence-electron chi connectivity index (χ1n) is 12.1. The zero-order valence-electron chi connectivity index (χ0n) is 21.2. The van der Waals surface area contributed by atoms with Crippen LogP contribution in [-0.2, 0) is 14.3 Å². The molecule has 1 atom stereocenters. The summed E-state index contributed by atoms with van der Waals surface area (Å²) >= 11 is 0. The van der Waals surface area contributed by atoms with Gasteiger partial charge in [0.1, 0.15) is 19.2 Å². The van der Waals surface area contributed by atoms with E-state index in [-0.39, 0.29) is 30.4 Å². The Bertz CT molecular complexity index is 1030. The van der Waals surface area contributed by atoms with Gasteiger partial charge in [-0.15, -0.1) is 0 Å². The van der Waals surface area contributed by atoms with Crippen LogP contribution in [0.2, 0.25) is 0 Å². The molecule has 0 saturated carbocycles. The minimum absolute atomic E-state index is 0.0863. The second-order valence-corrected chi connectivity index (χ2v) is 10.8. The number of hydrogen-bond acceptors (Lipinski definition) is 4. The van der Waals surface area contributed by atoms with Crippen molar-refractivity contribution in [2.75, 3.05) is 19.7 Å². The zero-order valence-corrected chi connectivity index (χ0v) is 21.2. The minimum atomic E-state index is -1.09. The molecular weight excluding hydrogens is 444 g/mol. The van der Waals surface area contributed by atoms with Crippen LogP contribution >= 0.6 is 0 Å². The maximum absolute atomic E-state index is 13.3. The van der Waals surface area contributed by atoms with Gasteiger partial charge in [-0.05, 0) is 40.0 Å². The highest BCUT2D eigenvalue weighted by Gasteiger charge is 2.32. The van der Waals surface area contributed by atoms with E-state index in [1.807, 2.05) is 71.0 Å². The van der Waals surface area contributed by atoms with E-state index >= 15 is 0 Å². The molecule has 0 spiro atoms. The third kappa shape index (κ3) is 6.84. The van der Waals surface area contributed by atoms with Gasteiger partial charge >= 0.3 is 12.1 Å². The lowest BCUT2D eigenvalue weighted by Crippen LogP contribution is -2.52. The summed E-state index contributed by atoms with van der Waals surface area (Å²) in [5.41, 5.74) is 4.19. The van der Waals surface area contributed by atoms with Gasteiger partial charge in [-0.2, -0.15) is 0 Å². The first kappa shape index (κ1) is 26.3. The van der Waals surface area contributed by atoms with Gasteiger partial charge in [0.05, 0.1) is 0 Å². The minimum Gasteiger partial charge on any atom is -0.480 e. The Morgan fingerprint density at radius 1 is 1.00 bits per heavy atom. The van der Waals surface area contributed by atoms with Crippen LogP contribution in [0, 0.1) is 11.3 Å². The predicted molar refractivity (Wildman–Crippen MR) is 135 cm³/mol. The molecule has 0 aliphatic heterocycles. The molecular formula is C28H36N2O5. The molecule has 0 saturated heterocycles. The van der Waals surface area contributed by atoms with E-state index in [9.17, 15) is 19.5 Å². The fourth-order valence-electron chi connectivity index (χ4n) is 4.64. The number of carbonyl (C=O) groups excluding carboxylic acids is 2. The lowest BCUT2D eigenvalue weighted by atomic mass is 9.95. The van der Waals surface area contributed by atoms with E-state index in [0.717, 1.165) is 22.3 Å². The second kappa shape index (κ2) is 10.9. The van der Waals surface area contributed by atoms with Crippen LogP contribution in [0.4, 0.5) is 4.79 Å². The Balaban J connectivity index is 1.72. The number of amides is 2. The molecule has 1 aliphatic rings. The number of hydrogen-bond donors (Lipinski definition) is 2. The maximum atomic E-state index is 13.3. The van der Waals surface area contributed by atoms with Crippen molar-refractivity contribution in [3.8, 4) is 11.1 Å². The SMILES string of the molecule is CC(C)C[C@@H](NC(=O)OCC1c2ccccc2-c2ccccc21)C(=O)N(CC(=O)O)CC(C)(C)C. The molecule has 0 fully saturated rings. The monoisotopic (exact) mass is 480 g/mol. The van der Waals surface area contributed by atoms with Gasteiger partial charge in [0.25, 0.3) is 0 Å². The van der Waals surface area contributed by atoms with Gasteiger partial charge in [-0.1, -0.05) is 83.1 Å². The Morgan fingerprint density at radius 3 is 2.03 bits per heavy atom. The number of nitrogens with zero attached hydrogens (tertiary/aromatic N) is 1. The van der Waals surface area contributed by atoms with E-state index in [4.69, 9.17) is 4.74 Å². The van der Waals surface area contributed by atoms with E-state index < -0.39 is 30.6 Å². The van der Waals surface area contributed by atoms with Crippen molar-refractivity contribution in [3.05, 3.63) is 59.7 Å². The number of rotatable bonds is 9. The van der Waals surface area contributed by atoms with E-state index in [1.54, 1.807) is 0 Å². The molecule has 0 aromatic heterocycles. The highest BCUT2D eigenvalue weighted by Crippen LogP contribution is 2.44. The Hall–Kier alpha value is -3.35. The van der Waals surface area contributed by atoms with Crippen LogP contribution in [0.3, 0.4) is 0 Å². The van der Waals surface area contributed by atoms with Crippen LogP contribution in [0.25, 0.3) is 11.1 Å². The summed E-state index contributed by atoms with van der Waals surface area (Å²) in [6.45, 7) is 9.69. The van der Waals surface area contributed by atoms with Crippen molar-refractivity contribution < 1.29 is 24.2 Å². The number of aliphatic carboxylic acids is 1. The molecule has 0 heterocycles. The van der Waals surface area contributed by atoms with Gasteiger partial charge in [-0.25, -0.2) is 4.79 Å². The number of carbonyl (C=O) groups is 3. The van der Waals surface area contributed by atoms with Crippen LogP contribution in [0.5, 0.6) is 0 Å². The fourth-order valence-corrected chi connectivity index (χ4v) is 4.64. The molecule has 0 radical (unpaired) electrons. The Morgan fingerprint density at radius 2 is 1.54 bits per heavy atom. The molecule has 7 heteroatoms. The first-order chi connectivity index (χ1) is 16.5. The molecule has 2 aromatic carbocycles. The van der Waals surface area contributed by atoms with Crippen molar-refractivity contribution in [1.29, 1.82) is 0 Å². The van der Waals surface area contributed by atoms with Crippen molar-refractivity contribution in [3.63, 3.8) is 0 Å². The summed E-state index contributed by atoms with van der Waals surface area (Å²) in [5.74, 6) is -1.48. The van der Waals surface area contributed by atoms with Crippen LogP contribution < -0.4 is 5.32 Å². The second-order valence-electron chi connectivity index (χ2n) is 10.8. The van der Waals surface area contributed by atoms with Crippen molar-refractivity contribution >= 4 is 18.0 Å². The number of benzene rings is 2. The van der Waals surface area contributed by atoms with Crippen LogP contribution in [-0.4, -0.2) is 53.7 Å². The molecule has 188 valence electrons. The van der Waals surface area contributed by atoms with E-state index in [0.29, 0.717) is 6.42 Å². The highest BCUT2D eigenvalue weighted by atomic mass is 16.5. The normalized spacial score (nSPS) is 13.7. The zero-order chi connectivity index (χ0) is 25.8. The average Bonchev–Trinajstić information content (AvgIpc) is 3.08. The standard InChI is InChI=1S/C28H36N2O5/c1-18(2)14-24(26(33)30(15-25(31)32)17-28(3,4)5)29-27(34)35-16-23-21-12-8-6-10-19(21)20-11-7-9-13-22(20)23/h6-13,18,23-24H,14-17H2,1-5H3,(H,29,34)(H,31,32)/t24-/m1/s1. The Labute approximate surface area is 207 Å². The number of nitrogens with one attached hydrogen (secondary N) is 1. The first-order valence-corrected chi connectivity index (χ1v) is 12.1. The topological polar surface area (TPSA) is 95.9 Å². The number of fused-ring (bicyclic) bond motifs is 3. The quantitative estimate of drug-likeness (QED) is 0.532. The highest BCUT2D eigenvalue weighted by molar-refractivity contribution is 5.88. The summed E-state index contributed by atoms with van der Waals surface area (Å²) in [6.07, 6.45) is -0.305. The predicted octanol–water partition coefficient (Wildman–Crippen LogP) is 4.90. The van der Waals surface area contributed by atoms with Crippen LogP contribution in [0.1, 0.15) is 58.1 Å². The largest absolute Gasteiger partial charge is 0.480 e. The number of alkyl carbamates (subject to hydrolysis) is 1. The maximum Gasteiger partial charge on any atom is 0.407 e. The summed E-state index contributed by atoms with van der Waals surface area (Å²) in [6, 6.07) is 15.3. The van der Waals surface area contributed by atoms with Gasteiger partial charge in [-0.3, -0.25) is 9.59 Å². The third-order valence-corrected chi connectivity index (χ3v) is 5.94. The molecule has 1 aliphatic carbocycles. The van der Waals surface area contributed by atoms with E-state index in [2.05, 4.69) is 17.4 Å². The lowest BCUT2D eigenvalue weighted by Gasteiger charge is -2.32. The summed E-state index contributed by atoms with van der Waals surface area (Å²) < 4.78 is 5.63. The fraction of sp³-hybridized carbons (Fsp3) is 0.464. The van der Waals surface area contributed by atoms with Crippen molar-refractivity contribution in [2.24, 2.45) is 11.3 Å². The third-order valence-electron chi connectivity index (χ3n) is 5.94. The van der Waals surface area contributed by atoms with E-state index in [1.165, 1.54) is 4.90 Å². The molecule has 2 amide bonds. The Kier molecular flexibility index (Phi) is 8.20. The number of carboxylic acids is 1. The van der Waals surface area contributed by atoms with Gasteiger partial charge in [0.2, 0.25) is 5.91 Å². The lowest BCUT2D eigenvalue weighted by molar-refractivity contribution is -0.146. The summed E-state index contributed by atoms with van der Waals surface area (Å²) in [7, 11) is 0. The number of ether oxygens (including phenoxy) is 1. The molecule has 3 rings (SSSR count). The van der Waals surface area contributed by atoms with Crippen molar-refractivity contribution in [2.45, 2.75) is 53.0 Å². The number of carboxylic acid groups (broad SMARTS) is 1.